The van der Waals surface area contributed by atoms with Gasteiger partial charge < -0.3 is 10.2 Å². The predicted molar refractivity (Wildman–Crippen MR) is 113 cm³/mol. The van der Waals surface area contributed by atoms with Crippen molar-refractivity contribution in [1.29, 1.82) is 0 Å². The van der Waals surface area contributed by atoms with Crippen molar-refractivity contribution in [2.24, 2.45) is 5.92 Å². The van der Waals surface area contributed by atoms with Crippen LogP contribution in [-0.4, -0.2) is 43.6 Å². The van der Waals surface area contributed by atoms with Crippen LogP contribution in [0.15, 0.2) is 48.7 Å². The third-order valence-electron chi connectivity index (χ3n) is 5.21. The first-order valence-electron chi connectivity index (χ1n) is 9.37. The van der Waals surface area contributed by atoms with Crippen molar-refractivity contribution in [3.8, 4) is 0 Å². The molecule has 0 aliphatic carbocycles. The second kappa shape index (κ2) is 10.5. The highest BCUT2D eigenvalue weighted by Crippen LogP contribution is 2.23. The molecule has 142 valence electrons. The van der Waals surface area contributed by atoms with E-state index < -0.39 is 0 Å². The number of piperidine rings is 1. The van der Waals surface area contributed by atoms with Gasteiger partial charge in [0, 0.05) is 25.5 Å². The zero-order chi connectivity index (χ0) is 17.5. The maximum absolute atomic E-state index is 4.67. The fraction of sp³-hybridized carbons (Fsp3) is 0.476. The lowest BCUT2D eigenvalue weighted by molar-refractivity contribution is 0.172. The Morgan fingerprint density at radius 3 is 2.46 bits per heavy atom. The molecule has 0 bridgehead atoms. The number of hydrogen-bond donors (Lipinski definition) is 1. The van der Waals surface area contributed by atoms with Crippen molar-refractivity contribution in [3.05, 3.63) is 54.2 Å². The van der Waals surface area contributed by atoms with Crippen molar-refractivity contribution in [2.45, 2.75) is 25.8 Å². The maximum Gasteiger partial charge on any atom is 0.132 e. The quantitative estimate of drug-likeness (QED) is 0.790. The van der Waals surface area contributed by atoms with Gasteiger partial charge in [-0.3, -0.25) is 4.90 Å². The van der Waals surface area contributed by atoms with E-state index in [0.29, 0.717) is 0 Å². The number of anilines is 2. The monoisotopic (exact) mass is 374 g/mol. The molecule has 1 aromatic carbocycles. The smallest absolute Gasteiger partial charge is 0.132 e. The lowest BCUT2D eigenvalue weighted by atomic mass is 9.93. The van der Waals surface area contributed by atoms with Gasteiger partial charge in [0.25, 0.3) is 0 Å². The average molecular weight is 375 g/mol. The molecule has 0 spiro atoms. The SMILES string of the molecule is CNCCC1CCN(Cc2ccc(N(C)c3ccccc3)nc2)CC1.Cl. The van der Waals surface area contributed by atoms with Crippen molar-refractivity contribution in [2.75, 3.05) is 38.6 Å². The molecule has 4 nitrogen and oxygen atoms in total. The number of aromatic nitrogens is 1. The van der Waals surface area contributed by atoms with Crippen LogP contribution in [0, 0.1) is 5.92 Å². The average Bonchev–Trinajstić information content (AvgIpc) is 2.68. The molecule has 1 saturated heterocycles. The molecule has 26 heavy (non-hydrogen) atoms. The first-order chi connectivity index (χ1) is 12.3. The topological polar surface area (TPSA) is 31.4 Å². The molecule has 0 radical (unpaired) electrons. The van der Waals surface area contributed by atoms with Gasteiger partial charge >= 0.3 is 0 Å². The van der Waals surface area contributed by atoms with Crippen LogP contribution < -0.4 is 10.2 Å². The Labute approximate surface area is 164 Å². The van der Waals surface area contributed by atoms with Crippen LogP contribution in [-0.2, 0) is 6.54 Å². The Morgan fingerprint density at radius 2 is 1.85 bits per heavy atom. The lowest BCUT2D eigenvalue weighted by Gasteiger charge is -2.32. The highest BCUT2D eigenvalue weighted by Gasteiger charge is 2.18. The first kappa shape index (κ1) is 20.7. The number of halogens is 1. The van der Waals surface area contributed by atoms with E-state index >= 15 is 0 Å². The fourth-order valence-corrected chi connectivity index (χ4v) is 3.53. The number of pyridine rings is 1. The minimum absolute atomic E-state index is 0. The highest BCUT2D eigenvalue weighted by molar-refractivity contribution is 5.85. The molecule has 0 saturated carbocycles. The summed E-state index contributed by atoms with van der Waals surface area (Å²) in [7, 11) is 4.11. The molecule has 2 aromatic rings. The van der Waals surface area contributed by atoms with Gasteiger partial charge in [-0.05, 0) is 75.6 Å². The summed E-state index contributed by atoms with van der Waals surface area (Å²) in [4.78, 5) is 9.35. The van der Waals surface area contributed by atoms with E-state index in [1.165, 1.54) is 37.9 Å². The van der Waals surface area contributed by atoms with E-state index in [4.69, 9.17) is 0 Å². The molecule has 0 amide bonds. The zero-order valence-electron chi connectivity index (χ0n) is 15.9. The van der Waals surface area contributed by atoms with Gasteiger partial charge in [-0.2, -0.15) is 0 Å². The van der Waals surface area contributed by atoms with Crippen LogP contribution in [0.5, 0.6) is 0 Å². The number of rotatable bonds is 7. The van der Waals surface area contributed by atoms with Crippen LogP contribution >= 0.6 is 12.4 Å². The van der Waals surface area contributed by atoms with E-state index in [1.807, 2.05) is 19.3 Å². The van der Waals surface area contributed by atoms with Crippen LogP contribution in [0.1, 0.15) is 24.8 Å². The number of likely N-dealkylation sites (tertiary alicyclic amines) is 1. The van der Waals surface area contributed by atoms with Gasteiger partial charge in [0.05, 0.1) is 0 Å². The number of para-hydroxylation sites is 1. The lowest BCUT2D eigenvalue weighted by Crippen LogP contribution is -2.34. The largest absolute Gasteiger partial charge is 0.329 e. The van der Waals surface area contributed by atoms with Crippen molar-refractivity contribution >= 4 is 23.9 Å². The number of hydrogen-bond acceptors (Lipinski definition) is 4. The second-order valence-electron chi connectivity index (χ2n) is 7.03. The van der Waals surface area contributed by atoms with Crippen molar-refractivity contribution < 1.29 is 0 Å². The molecule has 1 aliphatic heterocycles. The summed E-state index contributed by atoms with van der Waals surface area (Å²) < 4.78 is 0. The predicted octanol–water partition coefficient (Wildman–Crippen LogP) is 4.09. The molecule has 5 heteroatoms. The third kappa shape index (κ3) is 5.70. The number of nitrogens with one attached hydrogen (secondary N) is 1. The highest BCUT2D eigenvalue weighted by atomic mass is 35.5. The van der Waals surface area contributed by atoms with Gasteiger partial charge in [0.2, 0.25) is 0 Å². The van der Waals surface area contributed by atoms with E-state index in [-0.39, 0.29) is 12.4 Å². The summed E-state index contributed by atoms with van der Waals surface area (Å²) in [6.45, 7) is 4.58. The van der Waals surface area contributed by atoms with E-state index in [1.54, 1.807) is 0 Å². The van der Waals surface area contributed by atoms with Gasteiger partial charge in [0.15, 0.2) is 0 Å². The minimum Gasteiger partial charge on any atom is -0.329 e. The Hall–Kier alpha value is -1.62. The van der Waals surface area contributed by atoms with Crippen LogP contribution in [0.3, 0.4) is 0 Å². The third-order valence-corrected chi connectivity index (χ3v) is 5.21. The van der Waals surface area contributed by atoms with Crippen molar-refractivity contribution in [1.82, 2.24) is 15.2 Å². The molecule has 1 fully saturated rings. The van der Waals surface area contributed by atoms with Crippen molar-refractivity contribution in [3.63, 3.8) is 0 Å². The molecule has 1 aromatic heterocycles. The fourth-order valence-electron chi connectivity index (χ4n) is 3.53. The molecule has 3 rings (SSSR count). The molecule has 0 unspecified atom stereocenters. The number of benzene rings is 1. The van der Waals surface area contributed by atoms with Gasteiger partial charge in [-0.25, -0.2) is 4.98 Å². The maximum atomic E-state index is 4.67. The van der Waals surface area contributed by atoms with E-state index in [0.717, 1.165) is 30.5 Å². The Morgan fingerprint density at radius 1 is 1.12 bits per heavy atom. The normalized spacial score (nSPS) is 15.5. The van der Waals surface area contributed by atoms with E-state index in [9.17, 15) is 0 Å². The summed E-state index contributed by atoms with van der Waals surface area (Å²) in [5.74, 6) is 1.88. The summed E-state index contributed by atoms with van der Waals surface area (Å²) in [5.41, 5.74) is 2.46. The molecular weight excluding hydrogens is 344 g/mol. The standard InChI is InChI=1S/C21H30N4.ClH/c1-22-13-10-18-11-14-25(15-12-18)17-19-8-9-21(23-16-19)24(2)20-6-4-3-5-7-20;/h3-9,16,18,22H,10-15,17H2,1-2H3;1H. The molecule has 1 aliphatic rings. The van der Waals surface area contributed by atoms with E-state index in [2.05, 4.69) is 63.5 Å². The minimum atomic E-state index is 0. The Bertz CT molecular complexity index is 624. The first-order valence-corrected chi connectivity index (χ1v) is 9.37. The number of nitrogens with zero attached hydrogens (tertiary/aromatic N) is 3. The second-order valence-corrected chi connectivity index (χ2v) is 7.03. The molecule has 1 N–H and O–H groups in total. The van der Waals surface area contributed by atoms with Gasteiger partial charge in [-0.15, -0.1) is 12.4 Å². The summed E-state index contributed by atoms with van der Waals surface area (Å²) in [6, 6.07) is 14.7. The summed E-state index contributed by atoms with van der Waals surface area (Å²) in [6.07, 6.45) is 5.99. The summed E-state index contributed by atoms with van der Waals surface area (Å²) in [5, 5.41) is 3.27. The molecular formula is C21H31ClN4. The molecule has 2 heterocycles. The summed E-state index contributed by atoms with van der Waals surface area (Å²) >= 11 is 0. The van der Waals surface area contributed by atoms with Gasteiger partial charge in [0.1, 0.15) is 5.82 Å². The Balaban J connectivity index is 0.00000243. The van der Waals surface area contributed by atoms with Crippen LogP contribution in [0.4, 0.5) is 11.5 Å². The Kier molecular flexibility index (Phi) is 8.36. The zero-order valence-corrected chi connectivity index (χ0v) is 16.7. The van der Waals surface area contributed by atoms with Gasteiger partial charge in [-0.1, -0.05) is 24.3 Å². The van der Waals surface area contributed by atoms with Crippen LogP contribution in [0.2, 0.25) is 0 Å². The molecule has 0 atom stereocenters. The van der Waals surface area contributed by atoms with Crippen LogP contribution in [0.25, 0.3) is 0 Å².